The SMILES string of the molecule is Cc1ccc2[nH]c(CN3C[C@@H]4OCC(Nc5cccc(F)c5)CO[C@H]4C3)cc(=O)c2c1. The van der Waals surface area contributed by atoms with Crippen molar-refractivity contribution in [1.82, 2.24) is 9.88 Å². The van der Waals surface area contributed by atoms with Gasteiger partial charge < -0.3 is 19.8 Å². The Morgan fingerprint density at radius 1 is 1.10 bits per heavy atom. The van der Waals surface area contributed by atoms with Crippen molar-refractivity contribution >= 4 is 16.6 Å². The van der Waals surface area contributed by atoms with Gasteiger partial charge in [0.15, 0.2) is 5.43 Å². The largest absolute Gasteiger partial charge is 0.378 e. The molecule has 0 amide bonds. The molecule has 1 aromatic heterocycles. The second kappa shape index (κ2) is 8.42. The van der Waals surface area contributed by atoms with Crippen LogP contribution < -0.4 is 10.7 Å². The molecular weight excluding hydrogens is 397 g/mol. The predicted octanol–water partition coefficient (Wildman–Crippen LogP) is 3.06. The fourth-order valence-electron chi connectivity index (χ4n) is 4.43. The quantitative estimate of drug-likeness (QED) is 0.675. The van der Waals surface area contributed by atoms with Gasteiger partial charge in [0, 0.05) is 48.0 Å². The van der Waals surface area contributed by atoms with Crippen LogP contribution in [0.1, 0.15) is 11.3 Å². The second-order valence-corrected chi connectivity index (χ2v) is 8.50. The first-order valence-electron chi connectivity index (χ1n) is 10.6. The van der Waals surface area contributed by atoms with E-state index in [0.29, 0.717) is 19.8 Å². The van der Waals surface area contributed by atoms with E-state index in [4.69, 9.17) is 9.47 Å². The van der Waals surface area contributed by atoms with Crippen LogP contribution in [0.5, 0.6) is 0 Å². The summed E-state index contributed by atoms with van der Waals surface area (Å²) in [4.78, 5) is 18.2. The molecule has 0 bridgehead atoms. The van der Waals surface area contributed by atoms with Crippen LogP contribution in [-0.4, -0.2) is 54.4 Å². The summed E-state index contributed by atoms with van der Waals surface area (Å²) in [6, 6.07) is 14.0. The molecule has 0 saturated carbocycles. The summed E-state index contributed by atoms with van der Waals surface area (Å²) in [5.41, 5.74) is 3.59. The molecular formula is C24H26FN3O3. The number of fused-ring (bicyclic) bond motifs is 2. The van der Waals surface area contributed by atoms with Gasteiger partial charge in [-0.3, -0.25) is 9.69 Å². The van der Waals surface area contributed by atoms with Crippen molar-refractivity contribution in [3.63, 3.8) is 0 Å². The summed E-state index contributed by atoms with van der Waals surface area (Å²) in [5.74, 6) is -0.269. The number of aromatic amines is 1. The molecule has 6 nitrogen and oxygen atoms in total. The van der Waals surface area contributed by atoms with Gasteiger partial charge in [-0.1, -0.05) is 17.7 Å². The zero-order valence-corrected chi connectivity index (χ0v) is 17.4. The van der Waals surface area contributed by atoms with Gasteiger partial charge in [-0.2, -0.15) is 0 Å². The number of nitrogens with one attached hydrogen (secondary N) is 2. The van der Waals surface area contributed by atoms with E-state index in [1.165, 1.54) is 12.1 Å². The maximum Gasteiger partial charge on any atom is 0.189 e. The Morgan fingerprint density at radius 3 is 2.61 bits per heavy atom. The Hall–Kier alpha value is -2.74. The lowest BCUT2D eigenvalue weighted by atomic mass is 10.1. The maximum atomic E-state index is 13.4. The molecule has 2 aromatic carbocycles. The van der Waals surface area contributed by atoms with Crippen LogP contribution in [0.4, 0.5) is 10.1 Å². The van der Waals surface area contributed by atoms with Gasteiger partial charge in [0.05, 0.1) is 31.5 Å². The van der Waals surface area contributed by atoms with Crippen LogP contribution in [0.25, 0.3) is 10.9 Å². The zero-order chi connectivity index (χ0) is 21.4. The fraction of sp³-hybridized carbons (Fsp3) is 0.375. The molecule has 0 spiro atoms. The molecule has 2 atom stereocenters. The Bertz CT molecular complexity index is 1130. The summed E-state index contributed by atoms with van der Waals surface area (Å²) in [5, 5.41) is 4.01. The number of rotatable bonds is 4. The summed E-state index contributed by atoms with van der Waals surface area (Å²) in [6.45, 7) is 5.11. The lowest BCUT2D eigenvalue weighted by Crippen LogP contribution is -2.31. The Labute approximate surface area is 180 Å². The van der Waals surface area contributed by atoms with Crippen LogP contribution in [0.2, 0.25) is 0 Å². The van der Waals surface area contributed by atoms with E-state index < -0.39 is 0 Å². The lowest BCUT2D eigenvalue weighted by Gasteiger charge is -2.20. The highest BCUT2D eigenvalue weighted by molar-refractivity contribution is 5.79. The number of ether oxygens (including phenoxy) is 2. The van der Waals surface area contributed by atoms with Gasteiger partial charge in [0.1, 0.15) is 5.82 Å². The van der Waals surface area contributed by atoms with Crippen LogP contribution in [0.15, 0.2) is 53.3 Å². The van der Waals surface area contributed by atoms with Crippen LogP contribution in [0, 0.1) is 12.7 Å². The van der Waals surface area contributed by atoms with Crippen molar-refractivity contribution in [2.24, 2.45) is 0 Å². The van der Waals surface area contributed by atoms with Gasteiger partial charge >= 0.3 is 0 Å². The third kappa shape index (κ3) is 4.49. The van der Waals surface area contributed by atoms with E-state index in [9.17, 15) is 9.18 Å². The predicted molar refractivity (Wildman–Crippen MR) is 118 cm³/mol. The number of aromatic nitrogens is 1. The molecule has 0 unspecified atom stereocenters. The topological polar surface area (TPSA) is 66.6 Å². The van der Waals surface area contributed by atoms with Crippen LogP contribution >= 0.6 is 0 Å². The minimum Gasteiger partial charge on any atom is -0.378 e. The maximum absolute atomic E-state index is 13.4. The fourth-order valence-corrected chi connectivity index (χ4v) is 4.43. The number of nitrogens with zero attached hydrogens (tertiary/aromatic N) is 1. The number of H-pyrrole nitrogens is 1. The first kappa shape index (κ1) is 20.2. The van der Waals surface area contributed by atoms with Gasteiger partial charge in [0.25, 0.3) is 0 Å². The van der Waals surface area contributed by atoms with E-state index in [0.717, 1.165) is 40.9 Å². The summed E-state index contributed by atoms with van der Waals surface area (Å²) in [6.07, 6.45) is -0.0386. The van der Waals surface area contributed by atoms with Crippen molar-refractivity contribution in [1.29, 1.82) is 0 Å². The second-order valence-electron chi connectivity index (χ2n) is 8.50. The van der Waals surface area contributed by atoms with Gasteiger partial charge in [0.2, 0.25) is 0 Å². The minimum absolute atomic E-state index is 0.0193. The van der Waals surface area contributed by atoms with E-state index >= 15 is 0 Å². The number of pyridine rings is 1. The van der Waals surface area contributed by atoms with E-state index in [1.807, 2.05) is 31.2 Å². The molecule has 2 aliphatic heterocycles. The van der Waals surface area contributed by atoms with Crippen molar-refractivity contribution < 1.29 is 13.9 Å². The molecule has 2 saturated heterocycles. The molecule has 3 heterocycles. The van der Waals surface area contributed by atoms with Gasteiger partial charge in [-0.25, -0.2) is 4.39 Å². The summed E-state index contributed by atoms with van der Waals surface area (Å²) < 4.78 is 25.7. The Morgan fingerprint density at radius 2 is 1.87 bits per heavy atom. The number of benzene rings is 2. The monoisotopic (exact) mass is 423 g/mol. The minimum atomic E-state index is -0.269. The molecule has 162 valence electrons. The number of hydrogen-bond donors (Lipinski definition) is 2. The number of anilines is 1. The average Bonchev–Trinajstić information content (AvgIpc) is 3.02. The highest BCUT2D eigenvalue weighted by atomic mass is 19.1. The van der Waals surface area contributed by atoms with Crippen LogP contribution in [-0.2, 0) is 16.0 Å². The Kier molecular flexibility index (Phi) is 5.48. The molecule has 31 heavy (non-hydrogen) atoms. The van der Waals surface area contributed by atoms with Crippen molar-refractivity contribution in [3.8, 4) is 0 Å². The lowest BCUT2D eigenvalue weighted by molar-refractivity contribution is -0.00461. The third-order valence-electron chi connectivity index (χ3n) is 5.94. The molecule has 2 fully saturated rings. The molecule has 7 heteroatoms. The van der Waals surface area contributed by atoms with E-state index in [-0.39, 0.29) is 29.5 Å². The van der Waals surface area contributed by atoms with Crippen molar-refractivity contribution in [2.75, 3.05) is 31.6 Å². The van der Waals surface area contributed by atoms with E-state index in [2.05, 4.69) is 15.2 Å². The Balaban J connectivity index is 1.21. The summed E-state index contributed by atoms with van der Waals surface area (Å²) in [7, 11) is 0. The van der Waals surface area contributed by atoms with Crippen LogP contribution in [0.3, 0.4) is 0 Å². The number of hydrogen-bond acceptors (Lipinski definition) is 5. The summed E-state index contributed by atoms with van der Waals surface area (Å²) >= 11 is 0. The first-order valence-corrected chi connectivity index (χ1v) is 10.6. The van der Waals surface area contributed by atoms with E-state index in [1.54, 1.807) is 12.1 Å². The molecule has 0 radical (unpaired) electrons. The normalized spacial score (nSPS) is 22.4. The number of aryl methyl sites for hydroxylation is 1. The van der Waals surface area contributed by atoms with Gasteiger partial charge in [-0.05, 0) is 37.3 Å². The zero-order valence-electron chi connectivity index (χ0n) is 17.4. The number of halogens is 1. The molecule has 3 aromatic rings. The molecule has 0 aliphatic carbocycles. The van der Waals surface area contributed by atoms with Crippen molar-refractivity contribution in [3.05, 3.63) is 75.8 Å². The highest BCUT2D eigenvalue weighted by Gasteiger charge is 2.37. The molecule has 2 aliphatic rings. The van der Waals surface area contributed by atoms with Crippen molar-refractivity contribution in [2.45, 2.75) is 31.7 Å². The van der Waals surface area contributed by atoms with Gasteiger partial charge in [-0.15, -0.1) is 0 Å². The molecule has 2 N–H and O–H groups in total. The standard InChI is InChI=1S/C24H26FN3O3/c1-15-5-6-21-20(7-15)22(29)9-18(27-21)10-28-11-23-24(12-28)31-14-19(13-30-23)26-17-4-2-3-16(25)8-17/h2-9,19,23-24,26H,10-14H2,1H3,(H,27,29)/t23-,24-/m0/s1. The number of likely N-dealkylation sites (tertiary alicyclic amines) is 1. The average molecular weight is 423 g/mol. The first-order chi connectivity index (χ1) is 15.0. The smallest absolute Gasteiger partial charge is 0.189 e. The molecule has 5 rings (SSSR count). The highest BCUT2D eigenvalue weighted by Crippen LogP contribution is 2.23. The third-order valence-corrected chi connectivity index (χ3v) is 5.94.